The summed E-state index contributed by atoms with van der Waals surface area (Å²) in [4.78, 5) is 2.52. The first-order valence-corrected chi connectivity index (χ1v) is 25.7. The van der Waals surface area contributed by atoms with E-state index in [1.54, 1.807) is 11.1 Å². The van der Waals surface area contributed by atoms with Crippen LogP contribution in [0.5, 0.6) is 0 Å². The third-order valence-corrected chi connectivity index (χ3v) is 18.7. The van der Waals surface area contributed by atoms with Crippen molar-refractivity contribution >= 4 is 48.6 Å². The van der Waals surface area contributed by atoms with E-state index in [1.165, 1.54) is 144 Å². The zero-order valence-electron chi connectivity index (χ0n) is 38.1. The van der Waals surface area contributed by atoms with Crippen molar-refractivity contribution in [3.63, 3.8) is 0 Å². The van der Waals surface area contributed by atoms with Gasteiger partial charge < -0.3 is 4.90 Å². The van der Waals surface area contributed by atoms with Gasteiger partial charge in [0.1, 0.15) is 0 Å². The number of benzene rings is 8. The molecule has 3 saturated carbocycles. The smallest absolute Gasteiger partial charge is 0.0468 e. The Bertz CT molecular complexity index is 3380. The van der Waals surface area contributed by atoms with Crippen LogP contribution >= 0.6 is 11.3 Å². The molecule has 9 aromatic rings. The predicted octanol–water partition coefficient (Wildman–Crippen LogP) is 18.1. The van der Waals surface area contributed by atoms with Crippen LogP contribution in [0.1, 0.15) is 87.5 Å². The molecule has 0 aliphatic heterocycles. The summed E-state index contributed by atoms with van der Waals surface area (Å²) in [5.41, 5.74) is 20.9. The van der Waals surface area contributed by atoms with Crippen LogP contribution < -0.4 is 4.90 Å². The number of thiophene rings is 1. The van der Waals surface area contributed by atoms with Crippen molar-refractivity contribution in [3.8, 4) is 44.5 Å². The molecule has 1 heterocycles. The highest BCUT2D eigenvalue weighted by Gasteiger charge is 2.56. The van der Waals surface area contributed by atoms with E-state index in [-0.39, 0.29) is 10.8 Å². The summed E-state index contributed by atoms with van der Waals surface area (Å²) in [6.45, 7) is 5.11. The van der Waals surface area contributed by atoms with Crippen LogP contribution in [0.4, 0.5) is 17.1 Å². The molecule has 0 radical (unpaired) electrons. The maximum absolute atomic E-state index is 2.64. The van der Waals surface area contributed by atoms with Gasteiger partial charge in [-0.1, -0.05) is 142 Å². The van der Waals surface area contributed by atoms with Crippen molar-refractivity contribution in [3.05, 3.63) is 198 Å². The van der Waals surface area contributed by atoms with E-state index in [4.69, 9.17) is 0 Å². The predicted molar refractivity (Wildman–Crippen MR) is 280 cm³/mol. The standard InChI is InChI=1S/C64H55NS/c1-40-32-42-34-41(2)64(47(33-40)35-42)58-17-9-7-15-52(58)54-26-20-46(37-60(54)64)45-21-28-61-55(36-45)56-38-49(25-29-62(56)66-61)65(48-22-18-44(19-23-48)43-12-4-3-5-13-43)50-24-27-53-51-14-6-8-16-57(51)63(59(53)39-50)30-10-11-31-63/h3-9,12-29,36-42,47H,10-11,30-35H2,1-2H3/t40-,41+,42?,47-,64-/m1/s1. The van der Waals surface area contributed by atoms with Gasteiger partial charge in [0.05, 0.1) is 0 Å². The lowest BCUT2D eigenvalue weighted by Crippen LogP contribution is -2.49. The molecule has 2 spiro atoms. The Hall–Kier alpha value is -6.22. The molecule has 66 heavy (non-hydrogen) atoms. The van der Waals surface area contributed by atoms with Crippen LogP contribution in [0.3, 0.4) is 0 Å². The van der Waals surface area contributed by atoms with Crippen LogP contribution in [-0.2, 0) is 10.8 Å². The van der Waals surface area contributed by atoms with Crippen molar-refractivity contribution in [1.82, 2.24) is 0 Å². The second-order valence-electron chi connectivity index (χ2n) is 21.0. The van der Waals surface area contributed by atoms with Gasteiger partial charge in [-0.2, -0.15) is 0 Å². The van der Waals surface area contributed by atoms with Gasteiger partial charge in [0, 0.05) is 48.1 Å². The second kappa shape index (κ2) is 14.6. The van der Waals surface area contributed by atoms with E-state index < -0.39 is 0 Å². The molecular weight excluding hydrogens is 815 g/mol. The summed E-state index contributed by atoms with van der Waals surface area (Å²) < 4.78 is 2.68. The molecule has 1 nitrogen and oxygen atoms in total. The normalized spacial score (nSPS) is 23.0. The molecule has 2 bridgehead atoms. The molecule has 3 fully saturated rings. The van der Waals surface area contributed by atoms with Gasteiger partial charge in [-0.25, -0.2) is 0 Å². The van der Waals surface area contributed by atoms with Crippen LogP contribution in [0, 0.1) is 23.7 Å². The lowest BCUT2D eigenvalue weighted by Gasteiger charge is -2.54. The van der Waals surface area contributed by atoms with Gasteiger partial charge in [-0.15, -0.1) is 11.3 Å². The zero-order chi connectivity index (χ0) is 43.7. The fourth-order valence-electron chi connectivity index (χ4n) is 15.0. The molecule has 1 unspecified atom stereocenters. The van der Waals surface area contributed by atoms with Crippen molar-refractivity contribution < 1.29 is 0 Å². The van der Waals surface area contributed by atoms with Crippen LogP contribution in [0.25, 0.3) is 64.7 Å². The molecule has 5 aliphatic rings. The Morgan fingerprint density at radius 2 is 1.02 bits per heavy atom. The molecule has 5 atom stereocenters. The van der Waals surface area contributed by atoms with Crippen molar-refractivity contribution in [2.24, 2.45) is 23.7 Å². The highest BCUT2D eigenvalue weighted by Crippen LogP contribution is 2.65. The molecule has 5 aliphatic carbocycles. The molecule has 0 N–H and O–H groups in total. The van der Waals surface area contributed by atoms with Crippen molar-refractivity contribution in [1.29, 1.82) is 0 Å². The minimum Gasteiger partial charge on any atom is -0.310 e. The van der Waals surface area contributed by atoms with Crippen molar-refractivity contribution in [2.75, 3.05) is 4.90 Å². The second-order valence-corrected chi connectivity index (χ2v) is 22.1. The van der Waals surface area contributed by atoms with E-state index in [9.17, 15) is 0 Å². The summed E-state index contributed by atoms with van der Waals surface area (Å²) >= 11 is 1.92. The highest BCUT2D eigenvalue weighted by molar-refractivity contribution is 7.25. The molecule has 0 amide bonds. The average molecular weight is 870 g/mol. The SMILES string of the molecule is C[C@@H]1CC2C[C@@H](C1)[C@@]1(c3ccccc3-c3ccc(-c4ccc5sc6ccc(N(c7ccc(-c8ccccc8)cc7)c7ccc8c(c7)C7(CCCC7)c7ccccc7-8)cc6c5c4)cc31)[C@@H](C)C2. The topological polar surface area (TPSA) is 3.24 Å². The third-order valence-electron chi connectivity index (χ3n) is 17.5. The number of fused-ring (bicyclic) bond motifs is 16. The van der Waals surface area contributed by atoms with Gasteiger partial charge in [0.25, 0.3) is 0 Å². The monoisotopic (exact) mass is 869 g/mol. The Morgan fingerprint density at radius 1 is 0.439 bits per heavy atom. The Morgan fingerprint density at radius 3 is 1.83 bits per heavy atom. The largest absolute Gasteiger partial charge is 0.310 e. The summed E-state index contributed by atoms with van der Waals surface area (Å²) in [6.07, 6.45) is 10.5. The fraction of sp³-hybridized carbons (Fsp3) is 0.250. The van der Waals surface area contributed by atoms with Gasteiger partial charge in [-0.05, 0) is 190 Å². The van der Waals surface area contributed by atoms with Crippen molar-refractivity contribution in [2.45, 2.75) is 76.0 Å². The molecule has 322 valence electrons. The summed E-state index contributed by atoms with van der Waals surface area (Å²) in [5, 5.41) is 2.67. The first kappa shape index (κ1) is 39.0. The van der Waals surface area contributed by atoms with Gasteiger partial charge in [0.2, 0.25) is 0 Å². The van der Waals surface area contributed by atoms with E-state index in [1.807, 2.05) is 11.3 Å². The third kappa shape index (κ3) is 5.58. The Labute approximate surface area is 393 Å². The maximum Gasteiger partial charge on any atom is 0.0468 e. The molecule has 1 aromatic heterocycles. The van der Waals surface area contributed by atoms with E-state index in [0.29, 0.717) is 11.8 Å². The minimum atomic E-state index is 0.0850. The van der Waals surface area contributed by atoms with E-state index in [2.05, 4.69) is 195 Å². The number of anilines is 3. The number of nitrogens with zero attached hydrogens (tertiary/aromatic N) is 1. The zero-order valence-corrected chi connectivity index (χ0v) is 38.9. The Kier molecular flexibility index (Phi) is 8.65. The average Bonchev–Trinajstić information content (AvgIpc) is 4.13. The number of hydrogen-bond acceptors (Lipinski definition) is 2. The fourth-order valence-corrected chi connectivity index (χ4v) is 16.0. The summed E-state index contributed by atoms with van der Waals surface area (Å²) in [5.74, 6) is 2.98. The summed E-state index contributed by atoms with van der Waals surface area (Å²) in [6, 6.07) is 68.1. The van der Waals surface area contributed by atoms with Crippen LogP contribution in [-0.4, -0.2) is 0 Å². The van der Waals surface area contributed by atoms with Gasteiger partial charge in [0.15, 0.2) is 0 Å². The number of rotatable bonds is 5. The van der Waals surface area contributed by atoms with Crippen LogP contribution in [0.15, 0.2) is 176 Å². The molecule has 14 rings (SSSR count). The minimum absolute atomic E-state index is 0.0850. The first-order valence-electron chi connectivity index (χ1n) is 24.9. The van der Waals surface area contributed by atoms with E-state index in [0.717, 1.165) is 11.8 Å². The molecule has 0 saturated heterocycles. The van der Waals surface area contributed by atoms with E-state index >= 15 is 0 Å². The maximum atomic E-state index is 2.64. The highest BCUT2D eigenvalue weighted by atomic mass is 32.1. The number of hydrogen-bond donors (Lipinski definition) is 0. The molecule has 8 aromatic carbocycles. The van der Waals surface area contributed by atoms with Gasteiger partial charge in [-0.3, -0.25) is 0 Å². The lowest BCUT2D eigenvalue weighted by atomic mass is 9.49. The van der Waals surface area contributed by atoms with Gasteiger partial charge >= 0.3 is 0 Å². The Balaban J connectivity index is 0.904. The lowest BCUT2D eigenvalue weighted by molar-refractivity contribution is 0.0426. The summed E-state index contributed by atoms with van der Waals surface area (Å²) in [7, 11) is 0. The molecular formula is C64H55NS. The molecule has 2 heteroatoms. The van der Waals surface area contributed by atoms with Crippen LogP contribution in [0.2, 0.25) is 0 Å². The quantitative estimate of drug-likeness (QED) is 0.167. The first-order chi connectivity index (χ1) is 32.5.